The van der Waals surface area contributed by atoms with Crippen molar-refractivity contribution in [1.29, 1.82) is 0 Å². The minimum absolute atomic E-state index is 0.0576. The van der Waals surface area contributed by atoms with E-state index in [9.17, 15) is 4.79 Å². The van der Waals surface area contributed by atoms with Crippen molar-refractivity contribution in [1.82, 2.24) is 14.8 Å². The molecular weight excluding hydrogens is 354 g/mol. The second kappa shape index (κ2) is 8.44. The first-order valence-electron chi connectivity index (χ1n) is 9.67. The van der Waals surface area contributed by atoms with Crippen LogP contribution >= 0.6 is 0 Å². The Morgan fingerprint density at radius 3 is 2.68 bits per heavy atom. The third-order valence-electron chi connectivity index (χ3n) is 5.18. The maximum atomic E-state index is 12.5. The zero-order valence-corrected chi connectivity index (χ0v) is 16.1. The Bertz CT molecular complexity index is 873. The monoisotopic (exact) mass is 379 g/mol. The first kappa shape index (κ1) is 18.5. The fourth-order valence-corrected chi connectivity index (χ4v) is 3.49. The highest BCUT2D eigenvalue weighted by atomic mass is 16.6. The van der Waals surface area contributed by atoms with Crippen LogP contribution in [0.2, 0.25) is 0 Å². The van der Waals surface area contributed by atoms with Crippen molar-refractivity contribution >= 4 is 12.0 Å². The summed E-state index contributed by atoms with van der Waals surface area (Å²) < 4.78 is 11.2. The van der Waals surface area contributed by atoms with Gasteiger partial charge in [0.25, 0.3) is 0 Å². The number of aryl methyl sites for hydroxylation is 1. The summed E-state index contributed by atoms with van der Waals surface area (Å²) >= 11 is 0. The molecule has 1 aromatic heterocycles. The maximum absolute atomic E-state index is 12.5. The summed E-state index contributed by atoms with van der Waals surface area (Å²) in [6, 6.07) is 8.07. The van der Waals surface area contributed by atoms with E-state index in [0.717, 1.165) is 55.3 Å². The summed E-state index contributed by atoms with van der Waals surface area (Å²) in [5.74, 6) is 1.71. The predicted molar refractivity (Wildman–Crippen MR) is 107 cm³/mol. The highest BCUT2D eigenvalue weighted by Crippen LogP contribution is 2.31. The van der Waals surface area contributed by atoms with Gasteiger partial charge in [-0.2, -0.15) is 0 Å². The summed E-state index contributed by atoms with van der Waals surface area (Å²) in [5, 5.41) is 0. The number of carbonyl (C=O) groups excluding carboxylic acids is 1. The van der Waals surface area contributed by atoms with Gasteiger partial charge in [-0.25, -0.2) is 0 Å². The quantitative estimate of drug-likeness (QED) is 0.764. The summed E-state index contributed by atoms with van der Waals surface area (Å²) in [4.78, 5) is 20.9. The lowest BCUT2D eigenvalue weighted by Gasteiger charge is -2.34. The molecule has 4 rings (SSSR count). The molecule has 28 heavy (non-hydrogen) atoms. The molecule has 2 aliphatic rings. The number of aromatic nitrogens is 1. The molecule has 146 valence electrons. The Morgan fingerprint density at radius 2 is 1.89 bits per heavy atom. The van der Waals surface area contributed by atoms with Crippen LogP contribution in [0.5, 0.6) is 11.5 Å². The van der Waals surface area contributed by atoms with Crippen LogP contribution in [-0.4, -0.2) is 60.1 Å². The van der Waals surface area contributed by atoms with E-state index in [2.05, 4.69) is 22.0 Å². The number of rotatable bonds is 4. The van der Waals surface area contributed by atoms with Crippen molar-refractivity contribution in [2.75, 3.05) is 39.4 Å². The normalized spacial score (nSPS) is 17.1. The van der Waals surface area contributed by atoms with Gasteiger partial charge >= 0.3 is 0 Å². The molecule has 0 unspecified atom stereocenters. The number of benzene rings is 1. The zero-order chi connectivity index (χ0) is 19.3. The molecule has 0 saturated carbocycles. The molecule has 0 atom stereocenters. The lowest BCUT2D eigenvalue weighted by atomic mass is 10.1. The predicted octanol–water partition coefficient (Wildman–Crippen LogP) is 2.52. The first-order valence-corrected chi connectivity index (χ1v) is 9.67. The van der Waals surface area contributed by atoms with Gasteiger partial charge in [-0.1, -0.05) is 6.07 Å². The van der Waals surface area contributed by atoms with E-state index < -0.39 is 0 Å². The summed E-state index contributed by atoms with van der Waals surface area (Å²) in [7, 11) is 0. The van der Waals surface area contributed by atoms with Gasteiger partial charge in [0, 0.05) is 51.2 Å². The van der Waals surface area contributed by atoms with Crippen molar-refractivity contribution in [2.24, 2.45) is 0 Å². The summed E-state index contributed by atoms with van der Waals surface area (Å²) in [6.07, 6.45) is 7.05. The van der Waals surface area contributed by atoms with E-state index in [0.29, 0.717) is 13.2 Å². The molecule has 0 radical (unpaired) electrons. The van der Waals surface area contributed by atoms with Gasteiger partial charge in [0.2, 0.25) is 5.91 Å². The molecule has 0 bridgehead atoms. The fourth-order valence-electron chi connectivity index (χ4n) is 3.49. The van der Waals surface area contributed by atoms with Crippen molar-refractivity contribution in [3.8, 4) is 11.5 Å². The summed E-state index contributed by atoms with van der Waals surface area (Å²) in [6.45, 7) is 7.27. The van der Waals surface area contributed by atoms with Crippen molar-refractivity contribution in [3.63, 3.8) is 0 Å². The fraction of sp³-hybridized carbons (Fsp3) is 0.364. The average molecular weight is 379 g/mol. The molecule has 0 spiro atoms. The lowest BCUT2D eigenvalue weighted by Crippen LogP contribution is -2.47. The molecule has 6 heteroatoms. The van der Waals surface area contributed by atoms with E-state index >= 15 is 0 Å². The van der Waals surface area contributed by atoms with E-state index in [-0.39, 0.29) is 5.91 Å². The Balaban J connectivity index is 1.29. The van der Waals surface area contributed by atoms with Crippen LogP contribution in [0.1, 0.15) is 16.7 Å². The number of amides is 1. The standard InChI is InChI=1S/C22H25N3O3/c1-17-6-7-23-15-19(17)3-5-22(26)25-10-8-24(9-11-25)16-18-2-4-20-21(14-18)28-13-12-27-20/h2-7,14-15H,8-13,16H2,1H3/b5-3+. The molecule has 1 saturated heterocycles. The first-order chi connectivity index (χ1) is 13.7. The van der Waals surface area contributed by atoms with E-state index in [4.69, 9.17) is 9.47 Å². The minimum atomic E-state index is 0.0576. The summed E-state index contributed by atoms with van der Waals surface area (Å²) in [5.41, 5.74) is 3.30. The number of hydrogen-bond donors (Lipinski definition) is 0. The van der Waals surface area contributed by atoms with Crippen molar-refractivity contribution < 1.29 is 14.3 Å². The number of carbonyl (C=O) groups is 1. The second-order valence-corrected chi connectivity index (χ2v) is 7.15. The van der Waals surface area contributed by atoms with Gasteiger partial charge in [-0.15, -0.1) is 0 Å². The van der Waals surface area contributed by atoms with Gasteiger partial charge in [0.1, 0.15) is 13.2 Å². The Hall–Kier alpha value is -2.86. The van der Waals surface area contributed by atoms with E-state index in [1.165, 1.54) is 5.56 Å². The number of fused-ring (bicyclic) bond motifs is 1. The molecule has 3 heterocycles. The molecule has 1 aromatic carbocycles. The molecule has 2 aromatic rings. The minimum Gasteiger partial charge on any atom is -0.486 e. The maximum Gasteiger partial charge on any atom is 0.246 e. The van der Waals surface area contributed by atoms with Crippen LogP contribution < -0.4 is 9.47 Å². The number of ether oxygens (including phenoxy) is 2. The van der Waals surface area contributed by atoms with Crippen LogP contribution in [0, 0.1) is 6.92 Å². The van der Waals surface area contributed by atoms with Crippen LogP contribution in [0.4, 0.5) is 0 Å². The van der Waals surface area contributed by atoms with Gasteiger partial charge in [0.15, 0.2) is 11.5 Å². The molecule has 1 amide bonds. The average Bonchev–Trinajstić information content (AvgIpc) is 2.73. The van der Waals surface area contributed by atoms with Gasteiger partial charge in [0.05, 0.1) is 0 Å². The number of pyridine rings is 1. The Morgan fingerprint density at radius 1 is 1.11 bits per heavy atom. The lowest BCUT2D eigenvalue weighted by molar-refractivity contribution is -0.127. The SMILES string of the molecule is Cc1ccncc1/C=C/C(=O)N1CCN(Cc2ccc3c(c2)OCCO3)CC1. The second-order valence-electron chi connectivity index (χ2n) is 7.15. The van der Waals surface area contributed by atoms with Crippen LogP contribution in [-0.2, 0) is 11.3 Å². The highest BCUT2D eigenvalue weighted by molar-refractivity contribution is 5.92. The zero-order valence-electron chi connectivity index (χ0n) is 16.1. The largest absolute Gasteiger partial charge is 0.486 e. The molecule has 0 aliphatic carbocycles. The number of hydrogen-bond acceptors (Lipinski definition) is 5. The van der Waals surface area contributed by atoms with Crippen molar-refractivity contribution in [2.45, 2.75) is 13.5 Å². The van der Waals surface area contributed by atoms with Gasteiger partial charge in [-0.05, 0) is 47.9 Å². The van der Waals surface area contributed by atoms with Gasteiger partial charge in [-0.3, -0.25) is 14.7 Å². The molecule has 6 nitrogen and oxygen atoms in total. The third kappa shape index (κ3) is 4.34. The molecule has 0 N–H and O–H groups in total. The number of piperazine rings is 1. The van der Waals surface area contributed by atoms with Crippen LogP contribution in [0.3, 0.4) is 0 Å². The Kier molecular flexibility index (Phi) is 5.58. The topological polar surface area (TPSA) is 54.9 Å². The molecule has 2 aliphatic heterocycles. The highest BCUT2D eigenvalue weighted by Gasteiger charge is 2.20. The van der Waals surface area contributed by atoms with E-state index in [1.807, 2.05) is 30.0 Å². The van der Waals surface area contributed by atoms with Gasteiger partial charge < -0.3 is 14.4 Å². The van der Waals surface area contributed by atoms with E-state index in [1.54, 1.807) is 18.5 Å². The molecular formula is C22H25N3O3. The molecule has 1 fully saturated rings. The Labute approximate surface area is 165 Å². The number of nitrogens with zero attached hydrogens (tertiary/aromatic N) is 3. The third-order valence-corrected chi connectivity index (χ3v) is 5.18. The van der Waals surface area contributed by atoms with Crippen LogP contribution in [0.15, 0.2) is 42.7 Å². The smallest absolute Gasteiger partial charge is 0.246 e. The van der Waals surface area contributed by atoms with Crippen molar-refractivity contribution in [3.05, 3.63) is 59.4 Å². The van der Waals surface area contributed by atoms with Crippen LogP contribution in [0.25, 0.3) is 6.08 Å².